The van der Waals surface area contributed by atoms with Crippen LogP contribution in [0.1, 0.15) is 16.1 Å². The van der Waals surface area contributed by atoms with Crippen LogP contribution in [0, 0.1) is 0 Å². The van der Waals surface area contributed by atoms with Crippen molar-refractivity contribution in [3.05, 3.63) is 71.9 Å². The average Bonchev–Trinajstić information content (AvgIpc) is 3.08. The molecule has 0 saturated heterocycles. The van der Waals surface area contributed by atoms with Crippen molar-refractivity contribution in [1.82, 2.24) is 10.2 Å². The van der Waals surface area contributed by atoms with Crippen molar-refractivity contribution < 1.29 is 9.90 Å². The second-order valence-electron chi connectivity index (χ2n) is 5.16. The molecule has 5 heteroatoms. The van der Waals surface area contributed by atoms with Crippen LogP contribution in [0.4, 0.5) is 5.69 Å². The Kier molecular flexibility index (Phi) is 4.49. The third-order valence-corrected chi connectivity index (χ3v) is 3.50. The van der Waals surface area contributed by atoms with Crippen molar-refractivity contribution in [2.75, 3.05) is 11.9 Å². The lowest BCUT2D eigenvalue weighted by Crippen LogP contribution is -2.12. The van der Waals surface area contributed by atoms with Crippen molar-refractivity contribution >= 4 is 11.6 Å². The van der Waals surface area contributed by atoms with Crippen LogP contribution in [0.5, 0.6) is 0 Å². The molecule has 23 heavy (non-hydrogen) atoms. The molecule has 3 rings (SSSR count). The smallest absolute Gasteiger partial charge is 0.273 e. The van der Waals surface area contributed by atoms with E-state index in [-0.39, 0.29) is 12.5 Å². The molecule has 3 aromatic rings. The molecule has 2 aromatic carbocycles. The number of hydrogen-bond donors (Lipinski definition) is 3. The van der Waals surface area contributed by atoms with E-state index in [1.54, 1.807) is 6.07 Å². The summed E-state index contributed by atoms with van der Waals surface area (Å²) in [6, 6.07) is 18.8. The predicted octanol–water partition coefficient (Wildman–Crippen LogP) is 2.86. The fourth-order valence-corrected chi connectivity index (χ4v) is 2.28. The molecular formula is C18H17N3O2. The Labute approximate surface area is 134 Å². The van der Waals surface area contributed by atoms with Gasteiger partial charge in [-0.1, -0.05) is 42.5 Å². The summed E-state index contributed by atoms with van der Waals surface area (Å²) < 4.78 is 0. The van der Waals surface area contributed by atoms with Gasteiger partial charge in [-0.3, -0.25) is 9.89 Å². The first-order valence-electron chi connectivity index (χ1n) is 7.38. The number of carbonyl (C=O) groups excluding carboxylic acids is 1. The first-order chi connectivity index (χ1) is 11.3. The number of nitrogens with zero attached hydrogens (tertiary/aromatic N) is 1. The highest BCUT2D eigenvalue weighted by Gasteiger charge is 2.11. The summed E-state index contributed by atoms with van der Waals surface area (Å²) in [7, 11) is 0. The lowest BCUT2D eigenvalue weighted by molar-refractivity contribution is 0.102. The van der Waals surface area contributed by atoms with E-state index in [0.29, 0.717) is 17.8 Å². The molecule has 1 aromatic heterocycles. The number of aromatic amines is 1. The molecule has 0 aliphatic rings. The van der Waals surface area contributed by atoms with Gasteiger partial charge in [-0.2, -0.15) is 5.10 Å². The van der Waals surface area contributed by atoms with Crippen LogP contribution in [0.25, 0.3) is 11.3 Å². The molecule has 1 amide bonds. The standard InChI is InChI=1S/C18H17N3O2/c22-11-10-13-6-8-15(9-7-13)19-18(23)17-12-16(20-21-17)14-4-2-1-3-5-14/h1-9,12,22H,10-11H2,(H,19,23)(H,20,21). The van der Waals surface area contributed by atoms with Gasteiger partial charge in [0.1, 0.15) is 5.69 Å². The Morgan fingerprint density at radius 3 is 2.52 bits per heavy atom. The van der Waals surface area contributed by atoms with Gasteiger partial charge in [0.05, 0.1) is 5.69 Å². The molecule has 116 valence electrons. The number of anilines is 1. The van der Waals surface area contributed by atoms with Gasteiger partial charge in [0, 0.05) is 17.9 Å². The quantitative estimate of drug-likeness (QED) is 0.678. The van der Waals surface area contributed by atoms with Crippen LogP contribution in [0.3, 0.4) is 0 Å². The number of rotatable bonds is 5. The number of aliphatic hydroxyl groups is 1. The van der Waals surface area contributed by atoms with Gasteiger partial charge < -0.3 is 10.4 Å². The van der Waals surface area contributed by atoms with Crippen LogP contribution in [0.15, 0.2) is 60.7 Å². The monoisotopic (exact) mass is 307 g/mol. The second kappa shape index (κ2) is 6.89. The molecule has 0 bridgehead atoms. The van der Waals surface area contributed by atoms with Crippen molar-refractivity contribution in [1.29, 1.82) is 0 Å². The minimum atomic E-state index is -0.241. The Morgan fingerprint density at radius 2 is 1.83 bits per heavy atom. The maximum Gasteiger partial charge on any atom is 0.273 e. The second-order valence-corrected chi connectivity index (χ2v) is 5.16. The van der Waals surface area contributed by atoms with Gasteiger partial charge in [0.15, 0.2) is 0 Å². The zero-order valence-electron chi connectivity index (χ0n) is 12.5. The van der Waals surface area contributed by atoms with E-state index >= 15 is 0 Å². The molecule has 0 aliphatic carbocycles. The van der Waals surface area contributed by atoms with E-state index in [9.17, 15) is 4.79 Å². The Morgan fingerprint density at radius 1 is 1.09 bits per heavy atom. The summed E-state index contributed by atoms with van der Waals surface area (Å²) >= 11 is 0. The summed E-state index contributed by atoms with van der Waals surface area (Å²) in [5.74, 6) is -0.241. The van der Waals surface area contributed by atoms with E-state index < -0.39 is 0 Å². The summed E-state index contributed by atoms with van der Waals surface area (Å²) in [5, 5.41) is 18.7. The van der Waals surface area contributed by atoms with Gasteiger partial charge >= 0.3 is 0 Å². The Bertz CT molecular complexity index is 780. The fourth-order valence-electron chi connectivity index (χ4n) is 2.28. The van der Waals surface area contributed by atoms with Crippen LogP contribution in [-0.2, 0) is 6.42 Å². The van der Waals surface area contributed by atoms with Crippen LogP contribution < -0.4 is 5.32 Å². The number of carbonyl (C=O) groups is 1. The van der Waals surface area contributed by atoms with Crippen LogP contribution in [-0.4, -0.2) is 27.8 Å². The first kappa shape index (κ1) is 15.0. The molecular weight excluding hydrogens is 290 g/mol. The van der Waals surface area contributed by atoms with E-state index in [1.807, 2.05) is 54.6 Å². The molecule has 0 unspecified atom stereocenters. The number of benzene rings is 2. The van der Waals surface area contributed by atoms with Crippen LogP contribution in [0.2, 0.25) is 0 Å². The number of aromatic nitrogens is 2. The molecule has 0 atom stereocenters. The minimum Gasteiger partial charge on any atom is -0.396 e. The molecule has 3 N–H and O–H groups in total. The zero-order valence-corrected chi connectivity index (χ0v) is 12.5. The molecule has 0 spiro atoms. The fraction of sp³-hybridized carbons (Fsp3) is 0.111. The summed E-state index contributed by atoms with van der Waals surface area (Å²) in [5.41, 5.74) is 3.82. The topological polar surface area (TPSA) is 78.0 Å². The lowest BCUT2D eigenvalue weighted by atomic mass is 10.1. The van der Waals surface area contributed by atoms with Gasteiger partial charge in [-0.05, 0) is 30.2 Å². The highest BCUT2D eigenvalue weighted by atomic mass is 16.3. The summed E-state index contributed by atoms with van der Waals surface area (Å²) in [6.45, 7) is 0.113. The van der Waals surface area contributed by atoms with Crippen LogP contribution >= 0.6 is 0 Å². The number of hydrogen-bond acceptors (Lipinski definition) is 3. The highest BCUT2D eigenvalue weighted by Crippen LogP contribution is 2.18. The lowest BCUT2D eigenvalue weighted by Gasteiger charge is -2.04. The SMILES string of the molecule is O=C(Nc1ccc(CCO)cc1)c1cc(-c2ccccc2)n[nH]1. The molecule has 0 radical (unpaired) electrons. The van der Waals surface area contributed by atoms with Gasteiger partial charge in [-0.15, -0.1) is 0 Å². The van der Waals surface area contributed by atoms with E-state index in [2.05, 4.69) is 15.5 Å². The minimum absolute atomic E-state index is 0.113. The van der Waals surface area contributed by atoms with Gasteiger partial charge in [0.2, 0.25) is 0 Å². The molecule has 0 aliphatic heterocycles. The largest absolute Gasteiger partial charge is 0.396 e. The maximum absolute atomic E-state index is 12.2. The molecule has 0 fully saturated rings. The summed E-state index contributed by atoms with van der Waals surface area (Å²) in [6.07, 6.45) is 0.606. The van der Waals surface area contributed by atoms with Crippen molar-refractivity contribution in [2.24, 2.45) is 0 Å². The van der Waals surface area contributed by atoms with E-state index in [1.165, 1.54) is 0 Å². The molecule has 1 heterocycles. The third-order valence-electron chi connectivity index (χ3n) is 3.50. The Balaban J connectivity index is 1.70. The number of H-pyrrole nitrogens is 1. The average molecular weight is 307 g/mol. The normalized spacial score (nSPS) is 10.5. The summed E-state index contributed by atoms with van der Waals surface area (Å²) in [4.78, 5) is 12.2. The third kappa shape index (κ3) is 3.64. The Hall–Kier alpha value is -2.92. The van der Waals surface area contributed by atoms with Gasteiger partial charge in [-0.25, -0.2) is 0 Å². The number of aliphatic hydroxyl groups excluding tert-OH is 1. The van der Waals surface area contributed by atoms with Gasteiger partial charge in [0.25, 0.3) is 5.91 Å². The highest BCUT2D eigenvalue weighted by molar-refractivity contribution is 6.03. The van der Waals surface area contributed by atoms with Crippen molar-refractivity contribution in [3.8, 4) is 11.3 Å². The predicted molar refractivity (Wildman–Crippen MR) is 89.2 cm³/mol. The number of nitrogens with one attached hydrogen (secondary N) is 2. The van der Waals surface area contributed by atoms with E-state index in [0.717, 1.165) is 16.8 Å². The van der Waals surface area contributed by atoms with Crippen molar-refractivity contribution in [2.45, 2.75) is 6.42 Å². The van der Waals surface area contributed by atoms with Crippen molar-refractivity contribution in [3.63, 3.8) is 0 Å². The van der Waals surface area contributed by atoms with E-state index in [4.69, 9.17) is 5.11 Å². The maximum atomic E-state index is 12.2. The zero-order chi connectivity index (χ0) is 16.1. The molecule has 5 nitrogen and oxygen atoms in total. The number of amides is 1. The molecule has 0 saturated carbocycles. The first-order valence-corrected chi connectivity index (χ1v) is 7.38.